The van der Waals surface area contributed by atoms with Gasteiger partial charge < -0.3 is 10.6 Å². The van der Waals surface area contributed by atoms with Crippen LogP contribution in [0.1, 0.15) is 5.56 Å². The molecule has 8 heteroatoms. The molecule has 0 amide bonds. The molecule has 2 N–H and O–H groups in total. The van der Waals surface area contributed by atoms with Crippen LogP contribution >= 0.6 is 0 Å². The minimum atomic E-state index is -3.26. The van der Waals surface area contributed by atoms with E-state index in [-0.39, 0.29) is 31.9 Å². The van der Waals surface area contributed by atoms with Gasteiger partial charge in [0.25, 0.3) is 0 Å². The number of rotatable bonds is 4. The molecule has 0 saturated carbocycles. The second kappa shape index (κ2) is 6.25. The third-order valence-corrected chi connectivity index (χ3v) is 4.84. The second-order valence-electron chi connectivity index (χ2n) is 5.10. The molecule has 1 aromatic carbocycles. The van der Waals surface area contributed by atoms with Gasteiger partial charge in [-0.25, -0.2) is 17.2 Å². The Labute approximate surface area is 123 Å². The summed E-state index contributed by atoms with van der Waals surface area (Å²) in [5, 5.41) is 0. The molecule has 21 heavy (non-hydrogen) atoms. The predicted molar refractivity (Wildman–Crippen MR) is 77.7 cm³/mol. The first-order valence-corrected chi connectivity index (χ1v) is 8.56. The summed E-state index contributed by atoms with van der Waals surface area (Å²) < 4.78 is 52.4. The largest absolute Gasteiger partial charge is 0.364 e. The number of sulfonamides is 1. The summed E-state index contributed by atoms with van der Waals surface area (Å²) in [6.45, 7) is 1.30. The summed E-state index contributed by atoms with van der Waals surface area (Å²) in [5.74, 6) is -1.27. The zero-order valence-electron chi connectivity index (χ0n) is 11.8. The molecule has 1 fully saturated rings. The summed E-state index contributed by atoms with van der Waals surface area (Å²) in [6, 6.07) is 2.57. The second-order valence-corrected chi connectivity index (χ2v) is 7.08. The van der Waals surface area contributed by atoms with E-state index in [9.17, 15) is 17.2 Å². The molecule has 118 valence electrons. The van der Waals surface area contributed by atoms with Gasteiger partial charge in [-0.15, -0.1) is 0 Å². The van der Waals surface area contributed by atoms with Crippen molar-refractivity contribution in [3.8, 4) is 0 Å². The van der Waals surface area contributed by atoms with Crippen molar-refractivity contribution in [3.63, 3.8) is 0 Å². The number of hydrogen-bond acceptors (Lipinski definition) is 4. The van der Waals surface area contributed by atoms with Gasteiger partial charge in [0.1, 0.15) is 17.3 Å². The number of nitrogens with zero attached hydrogens (tertiary/aromatic N) is 2. The highest BCUT2D eigenvalue weighted by atomic mass is 32.2. The molecule has 0 atom stereocenters. The first-order chi connectivity index (χ1) is 9.82. The fraction of sp³-hybridized carbons (Fsp3) is 0.538. The van der Waals surface area contributed by atoms with Crippen molar-refractivity contribution in [2.24, 2.45) is 5.73 Å². The van der Waals surface area contributed by atoms with E-state index >= 15 is 0 Å². The molecule has 1 aromatic rings. The number of piperazine rings is 1. The van der Waals surface area contributed by atoms with Crippen LogP contribution in [0.15, 0.2) is 12.1 Å². The molecular formula is C13H19F2N3O2S. The van der Waals surface area contributed by atoms with E-state index in [2.05, 4.69) is 0 Å². The lowest BCUT2D eigenvalue weighted by Crippen LogP contribution is -2.48. The van der Waals surface area contributed by atoms with Gasteiger partial charge in [-0.2, -0.15) is 4.31 Å². The van der Waals surface area contributed by atoms with E-state index < -0.39 is 21.7 Å². The highest BCUT2D eigenvalue weighted by Crippen LogP contribution is 2.26. The third-order valence-electron chi connectivity index (χ3n) is 3.53. The summed E-state index contributed by atoms with van der Waals surface area (Å²) in [7, 11) is -3.26. The van der Waals surface area contributed by atoms with Gasteiger partial charge in [-0.1, -0.05) is 0 Å². The van der Waals surface area contributed by atoms with E-state index in [1.165, 1.54) is 16.4 Å². The molecule has 0 aliphatic carbocycles. The molecule has 0 bridgehead atoms. The first-order valence-electron chi connectivity index (χ1n) is 6.71. The molecule has 1 saturated heterocycles. The van der Waals surface area contributed by atoms with Crippen LogP contribution in [-0.2, 0) is 16.4 Å². The van der Waals surface area contributed by atoms with E-state index in [1.807, 2.05) is 0 Å². The maximum Gasteiger partial charge on any atom is 0.211 e. The lowest BCUT2D eigenvalue weighted by atomic mass is 10.1. The van der Waals surface area contributed by atoms with Gasteiger partial charge in [0.15, 0.2) is 0 Å². The molecule has 0 radical (unpaired) electrons. The summed E-state index contributed by atoms with van der Waals surface area (Å²) in [4.78, 5) is 1.54. The van der Waals surface area contributed by atoms with Gasteiger partial charge in [0, 0.05) is 26.2 Å². The van der Waals surface area contributed by atoms with Gasteiger partial charge in [0.05, 0.1) is 6.26 Å². The average Bonchev–Trinajstić information content (AvgIpc) is 2.38. The van der Waals surface area contributed by atoms with Gasteiger partial charge in [0.2, 0.25) is 10.0 Å². The van der Waals surface area contributed by atoms with Crippen LogP contribution in [0, 0.1) is 11.6 Å². The number of benzene rings is 1. The van der Waals surface area contributed by atoms with Crippen molar-refractivity contribution in [1.82, 2.24) is 4.31 Å². The van der Waals surface area contributed by atoms with Crippen LogP contribution in [0.2, 0.25) is 0 Å². The maximum atomic E-state index is 14.1. The summed E-state index contributed by atoms with van der Waals surface area (Å²) in [5.41, 5.74) is 5.81. The van der Waals surface area contributed by atoms with Gasteiger partial charge in [-0.05, 0) is 30.7 Å². The number of nitrogens with two attached hydrogens (primary N) is 1. The number of anilines is 1. The van der Waals surface area contributed by atoms with Crippen LogP contribution in [0.4, 0.5) is 14.5 Å². The lowest BCUT2D eigenvalue weighted by molar-refractivity contribution is 0.384. The molecule has 2 rings (SSSR count). The van der Waals surface area contributed by atoms with Crippen molar-refractivity contribution >= 4 is 15.7 Å². The van der Waals surface area contributed by atoms with Crippen LogP contribution in [-0.4, -0.2) is 51.7 Å². The Kier molecular flexibility index (Phi) is 4.80. The van der Waals surface area contributed by atoms with Crippen molar-refractivity contribution in [3.05, 3.63) is 29.3 Å². The van der Waals surface area contributed by atoms with Crippen LogP contribution in [0.3, 0.4) is 0 Å². The summed E-state index contributed by atoms with van der Waals surface area (Å²) >= 11 is 0. The Morgan fingerprint density at radius 3 is 2.10 bits per heavy atom. The smallest absolute Gasteiger partial charge is 0.211 e. The molecule has 5 nitrogen and oxygen atoms in total. The standard InChI is InChI=1S/C13H19F2N3O2S/c1-21(19,20)18-6-4-17(5-7-18)13-11(14)8-10(2-3-16)9-12(13)15/h8-9H,2-7,16H2,1H3. The minimum Gasteiger partial charge on any atom is -0.364 e. The molecular weight excluding hydrogens is 300 g/mol. The van der Waals surface area contributed by atoms with E-state index in [0.717, 1.165) is 6.26 Å². The first kappa shape index (κ1) is 16.1. The third kappa shape index (κ3) is 3.69. The molecule has 1 heterocycles. The van der Waals surface area contributed by atoms with Crippen molar-refractivity contribution < 1.29 is 17.2 Å². The van der Waals surface area contributed by atoms with Gasteiger partial charge >= 0.3 is 0 Å². The maximum absolute atomic E-state index is 14.1. The average molecular weight is 319 g/mol. The number of halogens is 2. The molecule has 0 unspecified atom stereocenters. The Balaban J connectivity index is 2.17. The Morgan fingerprint density at radius 2 is 1.67 bits per heavy atom. The monoisotopic (exact) mass is 319 g/mol. The fourth-order valence-electron chi connectivity index (χ4n) is 2.47. The Morgan fingerprint density at radius 1 is 1.14 bits per heavy atom. The topological polar surface area (TPSA) is 66.6 Å². The zero-order chi connectivity index (χ0) is 15.6. The predicted octanol–water partition coefficient (Wildman–Crippen LogP) is 0.548. The quantitative estimate of drug-likeness (QED) is 0.880. The van der Waals surface area contributed by atoms with Crippen LogP contribution in [0.5, 0.6) is 0 Å². The van der Waals surface area contributed by atoms with E-state index in [1.54, 1.807) is 4.90 Å². The molecule has 1 aliphatic heterocycles. The Hall–Kier alpha value is -1.25. The normalized spacial score (nSPS) is 17.2. The lowest BCUT2D eigenvalue weighted by Gasteiger charge is -2.35. The molecule has 1 aliphatic rings. The fourth-order valence-corrected chi connectivity index (χ4v) is 3.30. The van der Waals surface area contributed by atoms with Crippen molar-refractivity contribution in [2.45, 2.75) is 6.42 Å². The molecule has 0 spiro atoms. The van der Waals surface area contributed by atoms with Crippen molar-refractivity contribution in [1.29, 1.82) is 0 Å². The number of hydrogen-bond donors (Lipinski definition) is 1. The van der Waals surface area contributed by atoms with E-state index in [0.29, 0.717) is 18.5 Å². The summed E-state index contributed by atoms with van der Waals surface area (Å²) in [6.07, 6.45) is 1.54. The van der Waals surface area contributed by atoms with Gasteiger partial charge in [-0.3, -0.25) is 0 Å². The minimum absolute atomic E-state index is 0.0936. The van der Waals surface area contributed by atoms with E-state index in [4.69, 9.17) is 5.73 Å². The zero-order valence-corrected chi connectivity index (χ0v) is 12.7. The highest BCUT2D eigenvalue weighted by molar-refractivity contribution is 7.88. The van der Waals surface area contributed by atoms with Crippen LogP contribution < -0.4 is 10.6 Å². The highest BCUT2D eigenvalue weighted by Gasteiger charge is 2.26. The Bertz CT molecular complexity index is 591. The van der Waals surface area contributed by atoms with Crippen LogP contribution in [0.25, 0.3) is 0 Å². The van der Waals surface area contributed by atoms with Crippen molar-refractivity contribution in [2.75, 3.05) is 43.9 Å². The SMILES string of the molecule is CS(=O)(=O)N1CCN(c2c(F)cc(CCN)cc2F)CC1. The molecule has 0 aromatic heterocycles.